The summed E-state index contributed by atoms with van der Waals surface area (Å²) in [6.07, 6.45) is 1.27. The third kappa shape index (κ3) is 2.63. The lowest BCUT2D eigenvalue weighted by atomic mass is 10.0. The number of hydrogen-bond acceptors (Lipinski definition) is 5. The van der Waals surface area contributed by atoms with Crippen LogP contribution < -0.4 is 5.73 Å². The molecule has 0 saturated carbocycles. The summed E-state index contributed by atoms with van der Waals surface area (Å²) in [6.45, 7) is 1.05. The molecule has 1 aliphatic heterocycles. The zero-order valence-electron chi connectivity index (χ0n) is 10.3. The van der Waals surface area contributed by atoms with Gasteiger partial charge in [0.2, 0.25) is 5.89 Å². The molecule has 1 unspecified atom stereocenters. The summed E-state index contributed by atoms with van der Waals surface area (Å²) in [4.78, 5) is 4.36. The van der Waals surface area contributed by atoms with Crippen LogP contribution in [-0.4, -0.2) is 23.4 Å². The van der Waals surface area contributed by atoms with E-state index >= 15 is 0 Å². The summed E-state index contributed by atoms with van der Waals surface area (Å²) in [6, 6.07) is 7.58. The number of rotatable bonds is 3. The number of ether oxygens (including phenoxy) is 1. The largest absolute Gasteiger partial charge is 0.379 e. The molecular formula is C13H14ClN3O2. The van der Waals surface area contributed by atoms with Crippen LogP contribution in [0.3, 0.4) is 0 Å². The molecule has 2 heterocycles. The van der Waals surface area contributed by atoms with Gasteiger partial charge in [0.05, 0.1) is 6.61 Å². The minimum atomic E-state index is -0.639. The zero-order chi connectivity index (χ0) is 13.3. The van der Waals surface area contributed by atoms with Crippen LogP contribution in [0.15, 0.2) is 28.8 Å². The van der Waals surface area contributed by atoms with E-state index in [0.29, 0.717) is 42.8 Å². The highest BCUT2D eigenvalue weighted by Gasteiger charge is 2.38. The lowest BCUT2D eigenvalue weighted by Gasteiger charge is -2.14. The molecule has 19 heavy (non-hydrogen) atoms. The Labute approximate surface area is 115 Å². The average molecular weight is 280 g/mol. The first-order valence-corrected chi connectivity index (χ1v) is 6.48. The van der Waals surface area contributed by atoms with Crippen molar-refractivity contribution >= 4 is 11.6 Å². The van der Waals surface area contributed by atoms with E-state index in [9.17, 15) is 0 Å². The molecule has 1 aliphatic rings. The van der Waals surface area contributed by atoms with Gasteiger partial charge in [-0.15, -0.1) is 0 Å². The lowest BCUT2D eigenvalue weighted by molar-refractivity contribution is 0.166. The van der Waals surface area contributed by atoms with Crippen molar-refractivity contribution in [3.05, 3.63) is 46.6 Å². The molecule has 0 spiro atoms. The Kier molecular flexibility index (Phi) is 3.26. The van der Waals surface area contributed by atoms with Gasteiger partial charge in [0.1, 0.15) is 5.54 Å². The predicted octanol–water partition coefficient (Wildman–Crippen LogP) is 1.89. The van der Waals surface area contributed by atoms with E-state index in [2.05, 4.69) is 10.1 Å². The number of halogens is 1. The van der Waals surface area contributed by atoms with Crippen molar-refractivity contribution in [1.29, 1.82) is 0 Å². The van der Waals surface area contributed by atoms with Crippen LogP contribution in [-0.2, 0) is 16.7 Å². The van der Waals surface area contributed by atoms with Gasteiger partial charge in [-0.1, -0.05) is 28.9 Å². The van der Waals surface area contributed by atoms with Gasteiger partial charge in [-0.2, -0.15) is 4.98 Å². The van der Waals surface area contributed by atoms with Gasteiger partial charge < -0.3 is 15.0 Å². The third-order valence-electron chi connectivity index (χ3n) is 3.20. The standard InChI is InChI=1S/C13H14ClN3O2/c14-10-3-1-2-9(6-10)7-11-16-12(19-17-11)13(15)4-5-18-8-13/h1-3,6H,4-5,7-8,15H2. The topological polar surface area (TPSA) is 74.2 Å². The van der Waals surface area contributed by atoms with Crippen LogP contribution in [0, 0.1) is 0 Å². The molecule has 3 rings (SSSR count). The number of benzene rings is 1. The molecule has 100 valence electrons. The molecule has 1 aromatic carbocycles. The van der Waals surface area contributed by atoms with Crippen molar-refractivity contribution in [3.8, 4) is 0 Å². The minimum absolute atomic E-state index is 0.422. The molecule has 1 fully saturated rings. The predicted molar refractivity (Wildman–Crippen MR) is 69.9 cm³/mol. The molecule has 2 aromatic rings. The van der Waals surface area contributed by atoms with Crippen LogP contribution in [0.4, 0.5) is 0 Å². The molecule has 1 aromatic heterocycles. The first-order valence-electron chi connectivity index (χ1n) is 6.10. The number of nitrogens with zero attached hydrogens (tertiary/aromatic N) is 2. The van der Waals surface area contributed by atoms with Crippen molar-refractivity contribution in [2.45, 2.75) is 18.4 Å². The van der Waals surface area contributed by atoms with E-state index in [-0.39, 0.29) is 0 Å². The number of nitrogens with two attached hydrogens (primary N) is 1. The first-order chi connectivity index (χ1) is 9.16. The van der Waals surface area contributed by atoms with Gasteiger partial charge in [0.25, 0.3) is 0 Å². The van der Waals surface area contributed by atoms with Crippen LogP contribution in [0.5, 0.6) is 0 Å². The fourth-order valence-electron chi connectivity index (χ4n) is 2.11. The SMILES string of the molecule is NC1(c2nc(Cc3cccc(Cl)c3)no2)CCOC1. The Bertz CT molecular complexity index is 579. The summed E-state index contributed by atoms with van der Waals surface area (Å²) >= 11 is 5.94. The Morgan fingerprint density at radius 1 is 1.42 bits per heavy atom. The van der Waals surface area contributed by atoms with Crippen LogP contribution in [0.1, 0.15) is 23.7 Å². The molecule has 6 heteroatoms. The summed E-state index contributed by atoms with van der Waals surface area (Å²) in [7, 11) is 0. The summed E-state index contributed by atoms with van der Waals surface area (Å²) in [5, 5.41) is 4.66. The van der Waals surface area contributed by atoms with E-state index in [1.54, 1.807) is 0 Å². The van der Waals surface area contributed by atoms with Gasteiger partial charge in [-0.05, 0) is 24.1 Å². The van der Waals surface area contributed by atoms with E-state index in [0.717, 1.165) is 5.56 Å². The molecule has 5 nitrogen and oxygen atoms in total. The maximum atomic E-state index is 6.17. The van der Waals surface area contributed by atoms with E-state index in [1.165, 1.54) is 0 Å². The second-order valence-electron chi connectivity index (χ2n) is 4.78. The molecular weight excluding hydrogens is 266 g/mol. The normalized spacial score (nSPS) is 22.8. The summed E-state index contributed by atoms with van der Waals surface area (Å²) < 4.78 is 10.5. The second-order valence-corrected chi connectivity index (χ2v) is 5.22. The highest BCUT2D eigenvalue weighted by atomic mass is 35.5. The maximum Gasteiger partial charge on any atom is 0.249 e. The number of aromatic nitrogens is 2. The minimum Gasteiger partial charge on any atom is -0.379 e. The highest BCUT2D eigenvalue weighted by Crippen LogP contribution is 2.26. The number of hydrogen-bond donors (Lipinski definition) is 1. The van der Waals surface area contributed by atoms with Crippen molar-refractivity contribution in [1.82, 2.24) is 10.1 Å². The average Bonchev–Trinajstić information content (AvgIpc) is 2.99. The van der Waals surface area contributed by atoms with Crippen LogP contribution >= 0.6 is 11.6 Å². The van der Waals surface area contributed by atoms with Crippen molar-refractivity contribution < 1.29 is 9.26 Å². The zero-order valence-corrected chi connectivity index (χ0v) is 11.1. The molecule has 1 saturated heterocycles. The van der Waals surface area contributed by atoms with Crippen LogP contribution in [0.25, 0.3) is 0 Å². The molecule has 0 radical (unpaired) electrons. The van der Waals surface area contributed by atoms with Crippen molar-refractivity contribution in [2.75, 3.05) is 13.2 Å². The summed E-state index contributed by atoms with van der Waals surface area (Å²) in [5.74, 6) is 1.05. The highest BCUT2D eigenvalue weighted by molar-refractivity contribution is 6.30. The Balaban J connectivity index is 1.78. The molecule has 2 N–H and O–H groups in total. The van der Waals surface area contributed by atoms with Crippen LogP contribution in [0.2, 0.25) is 5.02 Å². The van der Waals surface area contributed by atoms with Gasteiger partial charge in [-0.25, -0.2) is 0 Å². The molecule has 1 atom stereocenters. The summed E-state index contributed by atoms with van der Waals surface area (Å²) in [5.41, 5.74) is 6.57. The Morgan fingerprint density at radius 2 is 2.32 bits per heavy atom. The van der Waals surface area contributed by atoms with Crippen molar-refractivity contribution in [2.24, 2.45) is 5.73 Å². The van der Waals surface area contributed by atoms with Gasteiger partial charge in [-0.3, -0.25) is 0 Å². The fourth-order valence-corrected chi connectivity index (χ4v) is 2.32. The Hall–Kier alpha value is -1.43. The molecule has 0 aliphatic carbocycles. The smallest absolute Gasteiger partial charge is 0.249 e. The second kappa shape index (κ2) is 4.92. The maximum absolute atomic E-state index is 6.17. The van der Waals surface area contributed by atoms with Gasteiger partial charge in [0.15, 0.2) is 5.82 Å². The molecule has 0 bridgehead atoms. The first kappa shape index (κ1) is 12.6. The van der Waals surface area contributed by atoms with E-state index in [1.807, 2.05) is 24.3 Å². The van der Waals surface area contributed by atoms with Gasteiger partial charge >= 0.3 is 0 Å². The third-order valence-corrected chi connectivity index (χ3v) is 3.43. The Morgan fingerprint density at radius 3 is 3.05 bits per heavy atom. The van der Waals surface area contributed by atoms with E-state index in [4.69, 9.17) is 26.6 Å². The lowest BCUT2D eigenvalue weighted by Crippen LogP contribution is -2.37. The van der Waals surface area contributed by atoms with E-state index < -0.39 is 5.54 Å². The monoisotopic (exact) mass is 279 g/mol. The fraction of sp³-hybridized carbons (Fsp3) is 0.385. The molecule has 0 amide bonds. The van der Waals surface area contributed by atoms with Crippen molar-refractivity contribution in [3.63, 3.8) is 0 Å². The quantitative estimate of drug-likeness (QED) is 0.929. The van der Waals surface area contributed by atoms with Gasteiger partial charge in [0, 0.05) is 18.1 Å².